The standard InChI is InChI=1S/C13H17BrN2OS/c1-13(2,3)16-7-6-12-15-8-9(17-12)10-4-5-11(14)18-10/h4-5,8,16H,6-7H2,1-3H3. The van der Waals surface area contributed by atoms with Gasteiger partial charge in [-0.1, -0.05) is 0 Å². The molecular weight excluding hydrogens is 312 g/mol. The lowest BCUT2D eigenvalue weighted by molar-refractivity contribution is 0.412. The Morgan fingerprint density at radius 3 is 2.78 bits per heavy atom. The summed E-state index contributed by atoms with van der Waals surface area (Å²) in [6.45, 7) is 7.32. The number of thiophene rings is 1. The molecule has 1 N–H and O–H groups in total. The molecule has 0 atom stereocenters. The highest BCUT2D eigenvalue weighted by atomic mass is 79.9. The first kappa shape index (κ1) is 13.8. The van der Waals surface area contributed by atoms with Gasteiger partial charge < -0.3 is 9.73 Å². The van der Waals surface area contributed by atoms with Crippen molar-refractivity contribution in [3.63, 3.8) is 0 Å². The summed E-state index contributed by atoms with van der Waals surface area (Å²) in [6, 6.07) is 4.05. The molecular formula is C13H17BrN2OS. The minimum Gasteiger partial charge on any atom is -0.440 e. The SMILES string of the molecule is CC(C)(C)NCCc1ncc(-c2ccc(Br)s2)o1. The van der Waals surface area contributed by atoms with Gasteiger partial charge >= 0.3 is 0 Å². The van der Waals surface area contributed by atoms with Crippen molar-refractivity contribution in [2.45, 2.75) is 32.7 Å². The fraction of sp³-hybridized carbons (Fsp3) is 0.462. The first-order chi connectivity index (χ1) is 8.44. The average molecular weight is 329 g/mol. The fourth-order valence-corrected chi connectivity index (χ4v) is 2.86. The molecule has 2 heterocycles. The van der Waals surface area contributed by atoms with E-state index >= 15 is 0 Å². The average Bonchev–Trinajstić information content (AvgIpc) is 2.85. The van der Waals surface area contributed by atoms with Gasteiger partial charge in [-0.05, 0) is 48.8 Å². The van der Waals surface area contributed by atoms with Crippen LogP contribution in [0, 0.1) is 0 Å². The monoisotopic (exact) mass is 328 g/mol. The zero-order chi connectivity index (χ0) is 13.2. The Morgan fingerprint density at radius 2 is 2.17 bits per heavy atom. The van der Waals surface area contributed by atoms with Gasteiger partial charge in [0, 0.05) is 18.5 Å². The number of oxazole rings is 1. The molecule has 2 rings (SSSR count). The highest BCUT2D eigenvalue weighted by Crippen LogP contribution is 2.31. The van der Waals surface area contributed by atoms with Gasteiger partial charge in [-0.25, -0.2) is 4.98 Å². The number of hydrogen-bond acceptors (Lipinski definition) is 4. The lowest BCUT2D eigenvalue weighted by Gasteiger charge is -2.19. The summed E-state index contributed by atoms with van der Waals surface area (Å²) in [5.74, 6) is 1.63. The van der Waals surface area contributed by atoms with Crippen LogP contribution in [-0.4, -0.2) is 17.1 Å². The molecule has 0 fully saturated rings. The molecule has 0 saturated heterocycles. The number of halogens is 1. The Balaban J connectivity index is 1.94. The third kappa shape index (κ3) is 3.93. The van der Waals surface area contributed by atoms with Gasteiger partial charge in [0.05, 0.1) is 14.9 Å². The van der Waals surface area contributed by atoms with Gasteiger partial charge in [0.1, 0.15) is 0 Å². The summed E-state index contributed by atoms with van der Waals surface area (Å²) in [4.78, 5) is 5.41. The van der Waals surface area contributed by atoms with Crippen LogP contribution in [0.5, 0.6) is 0 Å². The predicted octanol–water partition coefficient (Wildman–Crippen LogP) is 4.10. The van der Waals surface area contributed by atoms with Crippen molar-refractivity contribution in [1.82, 2.24) is 10.3 Å². The molecule has 0 spiro atoms. The topological polar surface area (TPSA) is 38.1 Å². The first-order valence-corrected chi connectivity index (χ1v) is 7.50. The van der Waals surface area contributed by atoms with E-state index in [-0.39, 0.29) is 5.54 Å². The van der Waals surface area contributed by atoms with Crippen LogP contribution in [-0.2, 0) is 6.42 Å². The summed E-state index contributed by atoms with van der Waals surface area (Å²) in [6.07, 6.45) is 2.61. The molecule has 0 aliphatic carbocycles. The number of rotatable bonds is 4. The van der Waals surface area contributed by atoms with Crippen molar-refractivity contribution in [1.29, 1.82) is 0 Å². The second-order valence-electron chi connectivity index (χ2n) is 5.15. The summed E-state index contributed by atoms with van der Waals surface area (Å²) < 4.78 is 6.84. The number of nitrogens with zero attached hydrogens (tertiary/aromatic N) is 1. The lowest BCUT2D eigenvalue weighted by atomic mass is 10.1. The van der Waals surface area contributed by atoms with Gasteiger partial charge in [-0.3, -0.25) is 0 Å². The van der Waals surface area contributed by atoms with E-state index in [4.69, 9.17) is 4.42 Å². The van der Waals surface area contributed by atoms with Crippen LogP contribution in [0.2, 0.25) is 0 Å². The molecule has 18 heavy (non-hydrogen) atoms. The van der Waals surface area contributed by atoms with Crippen LogP contribution in [0.15, 0.2) is 26.5 Å². The van der Waals surface area contributed by atoms with Crippen molar-refractivity contribution < 1.29 is 4.42 Å². The van der Waals surface area contributed by atoms with E-state index in [0.29, 0.717) is 0 Å². The van der Waals surface area contributed by atoms with Gasteiger partial charge in [0.25, 0.3) is 0 Å². The van der Waals surface area contributed by atoms with Gasteiger partial charge in [0.15, 0.2) is 11.7 Å². The van der Waals surface area contributed by atoms with Crippen LogP contribution >= 0.6 is 27.3 Å². The Bertz CT molecular complexity index is 513. The molecule has 98 valence electrons. The Hall–Kier alpha value is -0.650. The summed E-state index contributed by atoms with van der Waals surface area (Å²) in [5.41, 5.74) is 0.133. The molecule has 3 nitrogen and oxygen atoms in total. The van der Waals surface area contributed by atoms with E-state index in [9.17, 15) is 0 Å². The number of aromatic nitrogens is 1. The van der Waals surface area contributed by atoms with Gasteiger partial charge in [-0.2, -0.15) is 0 Å². The quantitative estimate of drug-likeness (QED) is 0.918. The maximum Gasteiger partial charge on any atom is 0.196 e. The minimum absolute atomic E-state index is 0.133. The highest BCUT2D eigenvalue weighted by Gasteiger charge is 2.11. The van der Waals surface area contributed by atoms with Crippen LogP contribution in [0.25, 0.3) is 10.6 Å². The predicted molar refractivity (Wildman–Crippen MR) is 79.0 cm³/mol. The van der Waals surface area contributed by atoms with E-state index in [2.05, 4.69) is 47.0 Å². The van der Waals surface area contributed by atoms with Crippen molar-refractivity contribution in [2.75, 3.05) is 6.54 Å². The third-order valence-corrected chi connectivity index (χ3v) is 4.00. The van der Waals surface area contributed by atoms with Crippen molar-refractivity contribution in [3.05, 3.63) is 28.0 Å². The van der Waals surface area contributed by atoms with Crippen LogP contribution in [0.1, 0.15) is 26.7 Å². The molecule has 5 heteroatoms. The molecule has 0 aliphatic rings. The molecule has 0 aliphatic heterocycles. The molecule has 0 aromatic carbocycles. The number of hydrogen-bond donors (Lipinski definition) is 1. The summed E-state index contributed by atoms with van der Waals surface area (Å²) in [5, 5.41) is 3.42. The zero-order valence-electron chi connectivity index (χ0n) is 10.8. The van der Waals surface area contributed by atoms with E-state index in [1.54, 1.807) is 17.5 Å². The third-order valence-electron chi connectivity index (χ3n) is 2.36. The normalized spacial score (nSPS) is 12.0. The molecule has 0 saturated carbocycles. The van der Waals surface area contributed by atoms with E-state index in [0.717, 1.165) is 33.3 Å². The highest BCUT2D eigenvalue weighted by molar-refractivity contribution is 9.11. The number of nitrogens with one attached hydrogen (secondary N) is 1. The molecule has 0 amide bonds. The van der Waals surface area contributed by atoms with Crippen molar-refractivity contribution >= 4 is 27.3 Å². The smallest absolute Gasteiger partial charge is 0.196 e. The van der Waals surface area contributed by atoms with E-state index in [1.165, 1.54) is 0 Å². The van der Waals surface area contributed by atoms with Crippen LogP contribution in [0.3, 0.4) is 0 Å². The largest absolute Gasteiger partial charge is 0.440 e. The van der Waals surface area contributed by atoms with Crippen LogP contribution in [0.4, 0.5) is 0 Å². The molecule has 2 aromatic rings. The second kappa shape index (κ2) is 5.55. The zero-order valence-corrected chi connectivity index (χ0v) is 13.2. The molecule has 0 radical (unpaired) electrons. The van der Waals surface area contributed by atoms with E-state index in [1.807, 2.05) is 12.1 Å². The van der Waals surface area contributed by atoms with E-state index < -0.39 is 0 Å². The first-order valence-electron chi connectivity index (χ1n) is 5.89. The summed E-state index contributed by atoms with van der Waals surface area (Å²) in [7, 11) is 0. The van der Waals surface area contributed by atoms with Gasteiger partial charge in [-0.15, -0.1) is 11.3 Å². The van der Waals surface area contributed by atoms with Gasteiger partial charge in [0.2, 0.25) is 0 Å². The maximum atomic E-state index is 5.74. The molecule has 0 bridgehead atoms. The Labute approximate surface area is 120 Å². The van der Waals surface area contributed by atoms with Crippen molar-refractivity contribution in [3.8, 4) is 10.6 Å². The molecule has 2 aromatic heterocycles. The fourth-order valence-electron chi connectivity index (χ4n) is 1.53. The minimum atomic E-state index is 0.133. The molecule has 0 unspecified atom stereocenters. The maximum absolute atomic E-state index is 5.74. The Morgan fingerprint density at radius 1 is 1.39 bits per heavy atom. The Kier molecular flexibility index (Phi) is 4.25. The second-order valence-corrected chi connectivity index (χ2v) is 7.61. The lowest BCUT2D eigenvalue weighted by Crippen LogP contribution is -2.37. The summed E-state index contributed by atoms with van der Waals surface area (Å²) >= 11 is 5.10. The van der Waals surface area contributed by atoms with Crippen molar-refractivity contribution in [2.24, 2.45) is 0 Å². The van der Waals surface area contributed by atoms with Crippen LogP contribution < -0.4 is 5.32 Å².